The summed E-state index contributed by atoms with van der Waals surface area (Å²) in [6.07, 6.45) is -6.82. The van der Waals surface area contributed by atoms with Crippen LogP contribution in [0.25, 0.3) is 0 Å². The summed E-state index contributed by atoms with van der Waals surface area (Å²) < 4.78 is 57.7. The Kier molecular flexibility index (Phi) is 2.80. The van der Waals surface area contributed by atoms with Crippen molar-refractivity contribution in [3.8, 4) is 0 Å². The van der Waals surface area contributed by atoms with E-state index in [1.807, 2.05) is 0 Å². The van der Waals surface area contributed by atoms with Gasteiger partial charge in [-0.2, -0.15) is 8.78 Å². The minimum absolute atomic E-state index is 0.145. The van der Waals surface area contributed by atoms with E-state index in [1.54, 1.807) is 0 Å². The predicted molar refractivity (Wildman–Crippen MR) is 26.0 cm³/mol. The topological polar surface area (TPSA) is 0 Å². The highest BCUT2D eigenvalue weighted by molar-refractivity contribution is 4.91. The van der Waals surface area contributed by atoms with Gasteiger partial charge in [-0.3, -0.25) is 0 Å². The van der Waals surface area contributed by atoms with Crippen molar-refractivity contribution in [1.29, 1.82) is 0 Å². The van der Waals surface area contributed by atoms with Gasteiger partial charge in [0.25, 0.3) is 0 Å². The zero-order chi connectivity index (χ0) is 8.36. The number of halogens is 5. The predicted octanol–water partition coefficient (Wildman–Crippen LogP) is 2.41. The first-order valence-corrected chi connectivity index (χ1v) is 2.35. The van der Waals surface area contributed by atoms with Crippen molar-refractivity contribution < 1.29 is 22.0 Å². The minimum Gasteiger partial charge on any atom is -0.236 e. The monoisotopic (exact) mass is 160 g/mol. The van der Waals surface area contributed by atoms with Gasteiger partial charge in [-0.15, -0.1) is 0 Å². The van der Waals surface area contributed by atoms with E-state index < -0.39 is 18.5 Å². The Bertz CT molecular complexity index is 119. The van der Waals surface area contributed by atoms with Gasteiger partial charge in [0.15, 0.2) is 6.17 Å². The zero-order valence-corrected chi connectivity index (χ0v) is 4.83. The van der Waals surface area contributed by atoms with Gasteiger partial charge in [0.1, 0.15) is 0 Å². The molecule has 0 radical (unpaired) electrons. The Labute approximate surface area is 54.3 Å². The van der Waals surface area contributed by atoms with E-state index in [2.05, 4.69) is 6.58 Å². The molecule has 1 unspecified atom stereocenters. The second-order valence-corrected chi connectivity index (χ2v) is 1.61. The molecular weight excluding hydrogens is 155 g/mol. The van der Waals surface area contributed by atoms with Crippen molar-refractivity contribution in [2.45, 2.75) is 18.5 Å². The van der Waals surface area contributed by atoms with Gasteiger partial charge < -0.3 is 0 Å². The minimum atomic E-state index is -4.61. The molecule has 0 rings (SSSR count). The van der Waals surface area contributed by atoms with E-state index in [4.69, 9.17) is 0 Å². The molecule has 60 valence electrons. The zero-order valence-electron chi connectivity index (χ0n) is 4.83. The van der Waals surface area contributed by atoms with Crippen molar-refractivity contribution >= 4 is 0 Å². The van der Waals surface area contributed by atoms with Crippen molar-refractivity contribution in [2.24, 2.45) is 0 Å². The molecule has 0 aromatic heterocycles. The van der Waals surface area contributed by atoms with Crippen molar-refractivity contribution in [3.05, 3.63) is 12.7 Å². The molecule has 0 N–H and O–H groups in total. The standard InChI is InChI=1S/C5H5F5/c1-2-3(6)5(9,10)4(7)8/h2-4H,1H2. The summed E-state index contributed by atoms with van der Waals surface area (Å²) in [6, 6.07) is 0. The van der Waals surface area contributed by atoms with Crippen molar-refractivity contribution in [2.75, 3.05) is 0 Å². The van der Waals surface area contributed by atoms with Crippen LogP contribution in [-0.4, -0.2) is 18.5 Å². The fraction of sp³-hybridized carbons (Fsp3) is 0.600. The molecule has 0 saturated heterocycles. The molecule has 0 bridgehead atoms. The Morgan fingerprint density at radius 2 is 1.60 bits per heavy atom. The third kappa shape index (κ3) is 1.68. The molecule has 0 aliphatic rings. The first-order valence-electron chi connectivity index (χ1n) is 2.35. The molecule has 0 saturated carbocycles. The molecule has 10 heavy (non-hydrogen) atoms. The van der Waals surface area contributed by atoms with Crippen molar-refractivity contribution in [3.63, 3.8) is 0 Å². The van der Waals surface area contributed by atoms with Gasteiger partial charge in [-0.1, -0.05) is 12.7 Å². The van der Waals surface area contributed by atoms with Crippen LogP contribution in [0.15, 0.2) is 12.7 Å². The van der Waals surface area contributed by atoms with Crippen LogP contribution in [0.4, 0.5) is 22.0 Å². The summed E-state index contributed by atoms with van der Waals surface area (Å²) in [5.74, 6) is -4.61. The Hall–Kier alpha value is -0.610. The highest BCUT2D eigenvalue weighted by atomic mass is 19.3. The normalized spacial score (nSPS) is 15.4. The SMILES string of the molecule is C=CC(F)C(F)(F)C(F)F. The fourth-order valence-corrected chi connectivity index (χ4v) is 0.277. The van der Waals surface area contributed by atoms with Crippen LogP contribution in [0, 0.1) is 0 Å². The van der Waals surface area contributed by atoms with Crippen LogP contribution in [0.2, 0.25) is 0 Å². The van der Waals surface area contributed by atoms with Gasteiger partial charge in [0.2, 0.25) is 0 Å². The molecule has 0 fully saturated rings. The molecule has 0 spiro atoms. The first kappa shape index (κ1) is 9.39. The fourth-order valence-electron chi connectivity index (χ4n) is 0.277. The van der Waals surface area contributed by atoms with E-state index in [0.717, 1.165) is 0 Å². The summed E-state index contributed by atoms with van der Waals surface area (Å²) >= 11 is 0. The molecule has 5 heteroatoms. The average molecular weight is 160 g/mol. The average Bonchev–Trinajstić information content (AvgIpc) is 1.86. The van der Waals surface area contributed by atoms with Crippen LogP contribution < -0.4 is 0 Å². The molecule has 0 heterocycles. The van der Waals surface area contributed by atoms with Crippen LogP contribution in [0.3, 0.4) is 0 Å². The Morgan fingerprint density at radius 3 is 1.70 bits per heavy atom. The number of hydrogen-bond donors (Lipinski definition) is 0. The summed E-state index contributed by atoms with van der Waals surface area (Å²) in [6.45, 7) is 2.62. The second-order valence-electron chi connectivity index (χ2n) is 1.61. The molecule has 1 atom stereocenters. The van der Waals surface area contributed by atoms with Gasteiger partial charge in [0.05, 0.1) is 0 Å². The summed E-state index contributed by atoms with van der Waals surface area (Å²) in [4.78, 5) is 0. The molecular formula is C5H5F5. The lowest BCUT2D eigenvalue weighted by Gasteiger charge is -2.15. The molecule has 0 aliphatic carbocycles. The summed E-state index contributed by atoms with van der Waals surface area (Å²) in [5.41, 5.74) is 0. The number of rotatable bonds is 3. The highest BCUT2D eigenvalue weighted by Crippen LogP contribution is 2.29. The van der Waals surface area contributed by atoms with Crippen LogP contribution in [0.5, 0.6) is 0 Å². The Balaban J connectivity index is 4.22. The quantitative estimate of drug-likeness (QED) is 0.439. The number of allylic oxidation sites excluding steroid dienone is 1. The molecule has 0 nitrogen and oxygen atoms in total. The molecule has 0 aromatic rings. The maximum atomic E-state index is 11.8. The molecule has 0 aliphatic heterocycles. The summed E-state index contributed by atoms with van der Waals surface area (Å²) in [7, 11) is 0. The smallest absolute Gasteiger partial charge is 0.236 e. The van der Waals surface area contributed by atoms with Crippen LogP contribution >= 0.6 is 0 Å². The third-order valence-electron chi connectivity index (χ3n) is 0.866. The third-order valence-corrected chi connectivity index (χ3v) is 0.866. The molecule has 0 aromatic carbocycles. The van der Waals surface area contributed by atoms with Gasteiger partial charge in [-0.05, 0) is 0 Å². The van der Waals surface area contributed by atoms with Crippen LogP contribution in [0.1, 0.15) is 0 Å². The van der Waals surface area contributed by atoms with Gasteiger partial charge >= 0.3 is 12.3 Å². The maximum Gasteiger partial charge on any atom is 0.341 e. The number of hydrogen-bond acceptors (Lipinski definition) is 0. The van der Waals surface area contributed by atoms with Gasteiger partial charge in [0, 0.05) is 0 Å². The first-order chi connectivity index (χ1) is 4.42. The highest BCUT2D eigenvalue weighted by Gasteiger charge is 2.47. The van der Waals surface area contributed by atoms with E-state index >= 15 is 0 Å². The molecule has 0 amide bonds. The van der Waals surface area contributed by atoms with Crippen molar-refractivity contribution in [1.82, 2.24) is 0 Å². The van der Waals surface area contributed by atoms with E-state index in [-0.39, 0.29) is 6.08 Å². The second kappa shape index (κ2) is 2.98. The lowest BCUT2D eigenvalue weighted by molar-refractivity contribution is -0.158. The largest absolute Gasteiger partial charge is 0.341 e. The van der Waals surface area contributed by atoms with E-state index in [0.29, 0.717) is 0 Å². The lowest BCUT2D eigenvalue weighted by atomic mass is 10.2. The van der Waals surface area contributed by atoms with Crippen LogP contribution in [-0.2, 0) is 0 Å². The number of alkyl halides is 5. The lowest BCUT2D eigenvalue weighted by Crippen LogP contribution is -2.36. The van der Waals surface area contributed by atoms with Gasteiger partial charge in [-0.25, -0.2) is 13.2 Å². The Morgan fingerprint density at radius 1 is 1.20 bits per heavy atom. The maximum absolute atomic E-state index is 11.8. The van der Waals surface area contributed by atoms with E-state index in [9.17, 15) is 22.0 Å². The summed E-state index contributed by atoms with van der Waals surface area (Å²) in [5, 5.41) is 0. The van der Waals surface area contributed by atoms with E-state index in [1.165, 1.54) is 0 Å².